The van der Waals surface area contributed by atoms with Gasteiger partial charge in [-0.05, 0) is 43.5 Å². The molecule has 2 aromatic rings. The van der Waals surface area contributed by atoms with Gasteiger partial charge in [0.25, 0.3) is 0 Å². The first-order valence-electron chi connectivity index (χ1n) is 3.77. The smallest absolute Gasteiger partial charge is 0.0788 e. The van der Waals surface area contributed by atoms with Crippen molar-refractivity contribution in [3.8, 4) is 11.1 Å². The van der Waals surface area contributed by atoms with Gasteiger partial charge in [-0.15, -0.1) is 11.3 Å². The molecule has 1 aromatic carbocycles. The highest BCUT2D eigenvalue weighted by molar-refractivity contribution is 9.12. The van der Waals surface area contributed by atoms with Crippen molar-refractivity contribution in [2.75, 3.05) is 0 Å². The fourth-order valence-corrected chi connectivity index (χ4v) is 4.02. The van der Waals surface area contributed by atoms with E-state index in [1.807, 2.05) is 18.2 Å². The summed E-state index contributed by atoms with van der Waals surface area (Å²) in [5.41, 5.74) is 2.49. The largest absolute Gasteiger partial charge is 0.121 e. The molecule has 13 heavy (non-hydrogen) atoms. The van der Waals surface area contributed by atoms with Crippen LogP contribution in [-0.4, -0.2) is 0 Å². The molecule has 0 amide bonds. The Labute approximate surface area is 97.9 Å². The van der Waals surface area contributed by atoms with Crippen molar-refractivity contribution in [3.63, 3.8) is 0 Å². The molecule has 1 heterocycles. The van der Waals surface area contributed by atoms with E-state index in [4.69, 9.17) is 0 Å². The van der Waals surface area contributed by atoms with E-state index in [1.165, 1.54) is 14.9 Å². The van der Waals surface area contributed by atoms with E-state index in [2.05, 4.69) is 50.1 Å². The predicted octanol–water partition coefficient (Wildman–Crippen LogP) is 4.94. The standard InChI is InChI=1S/C10H6Br2S/c11-9-6-8(10(12)13-9)7-4-2-1-3-5-7/h1-6H. The van der Waals surface area contributed by atoms with Crippen LogP contribution >= 0.6 is 43.2 Å². The Morgan fingerprint density at radius 2 is 1.69 bits per heavy atom. The number of hydrogen-bond donors (Lipinski definition) is 0. The molecule has 0 radical (unpaired) electrons. The van der Waals surface area contributed by atoms with Gasteiger partial charge in [0.2, 0.25) is 0 Å². The van der Waals surface area contributed by atoms with Gasteiger partial charge < -0.3 is 0 Å². The van der Waals surface area contributed by atoms with Crippen LogP contribution in [0.3, 0.4) is 0 Å². The van der Waals surface area contributed by atoms with Gasteiger partial charge in [-0.1, -0.05) is 30.3 Å². The van der Waals surface area contributed by atoms with Gasteiger partial charge in [0.1, 0.15) is 0 Å². The van der Waals surface area contributed by atoms with Crippen LogP contribution in [0.4, 0.5) is 0 Å². The molecule has 2 rings (SSSR count). The number of benzene rings is 1. The second kappa shape index (κ2) is 3.95. The van der Waals surface area contributed by atoms with Crippen molar-refractivity contribution < 1.29 is 0 Å². The van der Waals surface area contributed by atoms with E-state index in [9.17, 15) is 0 Å². The van der Waals surface area contributed by atoms with Crippen molar-refractivity contribution in [3.05, 3.63) is 44.0 Å². The van der Waals surface area contributed by atoms with Crippen molar-refractivity contribution in [2.45, 2.75) is 0 Å². The maximum Gasteiger partial charge on any atom is 0.0788 e. The van der Waals surface area contributed by atoms with Crippen molar-refractivity contribution in [1.29, 1.82) is 0 Å². The number of hydrogen-bond acceptors (Lipinski definition) is 1. The minimum absolute atomic E-state index is 1.15. The van der Waals surface area contributed by atoms with Crippen LogP contribution in [0.2, 0.25) is 0 Å². The third kappa shape index (κ3) is 2.03. The van der Waals surface area contributed by atoms with Crippen LogP contribution in [0.25, 0.3) is 11.1 Å². The zero-order valence-electron chi connectivity index (χ0n) is 6.63. The zero-order valence-corrected chi connectivity index (χ0v) is 10.6. The lowest BCUT2D eigenvalue weighted by molar-refractivity contribution is 1.66. The van der Waals surface area contributed by atoms with Gasteiger partial charge in [-0.25, -0.2) is 0 Å². The molecule has 0 saturated carbocycles. The van der Waals surface area contributed by atoms with Crippen LogP contribution in [0, 0.1) is 0 Å². The van der Waals surface area contributed by atoms with E-state index in [0.29, 0.717) is 0 Å². The average molecular weight is 318 g/mol. The molecule has 0 fully saturated rings. The molecule has 0 atom stereocenters. The van der Waals surface area contributed by atoms with Crippen LogP contribution in [0.15, 0.2) is 44.0 Å². The molecule has 0 spiro atoms. The van der Waals surface area contributed by atoms with Crippen LogP contribution < -0.4 is 0 Å². The second-order valence-corrected chi connectivity index (χ2v) is 6.35. The lowest BCUT2D eigenvalue weighted by Gasteiger charge is -1.96. The normalized spacial score (nSPS) is 10.3. The highest BCUT2D eigenvalue weighted by Crippen LogP contribution is 2.38. The van der Waals surface area contributed by atoms with Gasteiger partial charge >= 0.3 is 0 Å². The van der Waals surface area contributed by atoms with Crippen LogP contribution in [0.1, 0.15) is 0 Å². The van der Waals surface area contributed by atoms with Gasteiger partial charge in [0.15, 0.2) is 0 Å². The van der Waals surface area contributed by atoms with Crippen molar-refractivity contribution in [1.82, 2.24) is 0 Å². The molecule has 0 aliphatic carbocycles. The Morgan fingerprint density at radius 3 is 2.23 bits per heavy atom. The molecule has 66 valence electrons. The minimum atomic E-state index is 1.15. The summed E-state index contributed by atoms with van der Waals surface area (Å²) in [5, 5.41) is 0. The zero-order chi connectivity index (χ0) is 9.26. The van der Waals surface area contributed by atoms with Crippen LogP contribution in [-0.2, 0) is 0 Å². The highest BCUT2D eigenvalue weighted by atomic mass is 79.9. The molecule has 0 saturated heterocycles. The Balaban J connectivity index is 2.53. The molecule has 3 heteroatoms. The summed E-state index contributed by atoms with van der Waals surface area (Å²) in [6.45, 7) is 0. The molecule has 1 aromatic heterocycles. The summed E-state index contributed by atoms with van der Waals surface area (Å²) < 4.78 is 2.32. The molecule has 0 N–H and O–H groups in total. The maximum absolute atomic E-state index is 3.54. The summed E-state index contributed by atoms with van der Waals surface area (Å²) in [7, 11) is 0. The van der Waals surface area contributed by atoms with E-state index in [1.54, 1.807) is 11.3 Å². The van der Waals surface area contributed by atoms with E-state index in [-0.39, 0.29) is 0 Å². The van der Waals surface area contributed by atoms with Crippen molar-refractivity contribution >= 4 is 43.2 Å². The molecule has 0 aliphatic heterocycles. The fourth-order valence-electron chi connectivity index (χ4n) is 1.15. The average Bonchev–Trinajstić information content (AvgIpc) is 2.47. The van der Waals surface area contributed by atoms with Gasteiger partial charge in [-0.3, -0.25) is 0 Å². The summed E-state index contributed by atoms with van der Waals surface area (Å²) in [5.74, 6) is 0. The Kier molecular flexibility index (Phi) is 2.86. The Bertz CT molecular complexity index is 406. The fraction of sp³-hybridized carbons (Fsp3) is 0. The van der Waals surface area contributed by atoms with Crippen LogP contribution in [0.5, 0.6) is 0 Å². The number of thiophene rings is 1. The van der Waals surface area contributed by atoms with E-state index >= 15 is 0 Å². The first kappa shape index (κ1) is 9.44. The second-order valence-electron chi connectivity index (χ2n) is 2.60. The molecule has 0 nitrogen and oxygen atoms in total. The molecule has 0 unspecified atom stereocenters. The third-order valence-corrected chi connectivity index (χ3v) is 4.08. The summed E-state index contributed by atoms with van der Waals surface area (Å²) >= 11 is 8.71. The van der Waals surface area contributed by atoms with E-state index < -0.39 is 0 Å². The number of rotatable bonds is 1. The van der Waals surface area contributed by atoms with Gasteiger partial charge in [-0.2, -0.15) is 0 Å². The predicted molar refractivity (Wildman–Crippen MR) is 65.2 cm³/mol. The topological polar surface area (TPSA) is 0 Å². The lowest BCUT2D eigenvalue weighted by atomic mass is 10.1. The summed E-state index contributed by atoms with van der Waals surface area (Å²) in [4.78, 5) is 0. The van der Waals surface area contributed by atoms with Crippen molar-refractivity contribution in [2.24, 2.45) is 0 Å². The maximum atomic E-state index is 3.54. The summed E-state index contributed by atoms with van der Waals surface area (Å²) in [6.07, 6.45) is 0. The lowest BCUT2D eigenvalue weighted by Crippen LogP contribution is -1.71. The molecule has 0 bridgehead atoms. The quantitative estimate of drug-likeness (QED) is 0.699. The molecule has 0 aliphatic rings. The van der Waals surface area contributed by atoms with E-state index in [0.717, 1.165) is 3.79 Å². The van der Waals surface area contributed by atoms with Gasteiger partial charge in [0.05, 0.1) is 7.57 Å². The highest BCUT2D eigenvalue weighted by Gasteiger charge is 2.06. The Hall–Kier alpha value is -0.120. The minimum Gasteiger partial charge on any atom is -0.121 e. The Morgan fingerprint density at radius 1 is 1.00 bits per heavy atom. The summed E-state index contributed by atoms with van der Waals surface area (Å²) in [6, 6.07) is 12.5. The van der Waals surface area contributed by atoms with Gasteiger partial charge in [0, 0.05) is 5.56 Å². The SMILES string of the molecule is Brc1cc(-c2ccccc2)c(Br)s1. The third-order valence-electron chi connectivity index (χ3n) is 1.74. The molecular weight excluding hydrogens is 312 g/mol. The first-order chi connectivity index (χ1) is 6.27. The number of halogens is 2. The first-order valence-corrected chi connectivity index (χ1v) is 6.18. The monoisotopic (exact) mass is 316 g/mol. The molecular formula is C10H6Br2S.